The van der Waals surface area contributed by atoms with Gasteiger partial charge in [-0.15, -0.1) is 12.4 Å². The van der Waals surface area contributed by atoms with Gasteiger partial charge in [0.25, 0.3) is 0 Å². The van der Waals surface area contributed by atoms with Gasteiger partial charge in [-0.05, 0) is 37.5 Å². The number of amides is 1. The number of hydrogen-bond acceptors (Lipinski definition) is 3. The van der Waals surface area contributed by atoms with Crippen molar-refractivity contribution in [3.05, 3.63) is 0 Å². The molecule has 4 nitrogen and oxygen atoms in total. The van der Waals surface area contributed by atoms with Gasteiger partial charge >= 0.3 is 0 Å². The summed E-state index contributed by atoms with van der Waals surface area (Å²) in [7, 11) is 0. The number of nitrogens with one attached hydrogen (secondary N) is 1. The second kappa shape index (κ2) is 7.19. The van der Waals surface area contributed by atoms with Crippen molar-refractivity contribution in [3.63, 3.8) is 0 Å². The van der Waals surface area contributed by atoms with Crippen LogP contribution in [0.3, 0.4) is 0 Å². The van der Waals surface area contributed by atoms with Crippen LogP contribution in [0.5, 0.6) is 0 Å². The zero-order valence-corrected chi connectivity index (χ0v) is 11.0. The predicted octanol–water partition coefficient (Wildman–Crippen LogP) is 1.08. The number of carbonyl (C=O) groups is 1. The fourth-order valence-electron chi connectivity index (χ4n) is 2.16. The minimum Gasteiger partial charge on any atom is -0.381 e. The predicted molar refractivity (Wildman–Crippen MR) is 69.1 cm³/mol. The summed E-state index contributed by atoms with van der Waals surface area (Å²) in [5.74, 6) is 1.38. The maximum atomic E-state index is 11.5. The van der Waals surface area contributed by atoms with E-state index in [1.165, 1.54) is 12.8 Å². The van der Waals surface area contributed by atoms with Crippen LogP contribution in [-0.4, -0.2) is 31.7 Å². The average Bonchev–Trinajstić information content (AvgIpc) is 3.01. The third kappa shape index (κ3) is 5.23. The third-order valence-corrected chi connectivity index (χ3v) is 3.57. The SMILES string of the molecule is Cl.NC(CNC(=O)CCC1CCOC1)C1CC1. The minimum atomic E-state index is 0. The molecule has 2 rings (SSSR count). The summed E-state index contributed by atoms with van der Waals surface area (Å²) in [6.45, 7) is 2.33. The van der Waals surface area contributed by atoms with Crippen molar-refractivity contribution < 1.29 is 9.53 Å². The topological polar surface area (TPSA) is 64.3 Å². The van der Waals surface area contributed by atoms with E-state index in [2.05, 4.69) is 5.32 Å². The zero-order chi connectivity index (χ0) is 11.4. The summed E-state index contributed by atoms with van der Waals surface area (Å²) in [6, 6.07) is 0.166. The van der Waals surface area contributed by atoms with E-state index in [4.69, 9.17) is 10.5 Å². The quantitative estimate of drug-likeness (QED) is 0.753. The van der Waals surface area contributed by atoms with Gasteiger partial charge in [-0.25, -0.2) is 0 Å². The molecule has 1 amide bonds. The maximum Gasteiger partial charge on any atom is 0.220 e. The van der Waals surface area contributed by atoms with Crippen LogP contribution < -0.4 is 11.1 Å². The van der Waals surface area contributed by atoms with E-state index in [-0.39, 0.29) is 24.4 Å². The highest BCUT2D eigenvalue weighted by atomic mass is 35.5. The van der Waals surface area contributed by atoms with Crippen molar-refractivity contribution in [2.75, 3.05) is 19.8 Å². The molecule has 1 heterocycles. The molecule has 3 N–H and O–H groups in total. The van der Waals surface area contributed by atoms with E-state index in [1.54, 1.807) is 0 Å². The van der Waals surface area contributed by atoms with Gasteiger partial charge in [-0.3, -0.25) is 4.79 Å². The summed E-state index contributed by atoms with van der Waals surface area (Å²) in [5.41, 5.74) is 5.91. The van der Waals surface area contributed by atoms with Gasteiger partial charge < -0.3 is 15.8 Å². The molecule has 2 atom stereocenters. The van der Waals surface area contributed by atoms with Gasteiger partial charge in [0.2, 0.25) is 5.91 Å². The van der Waals surface area contributed by atoms with Crippen LogP contribution >= 0.6 is 12.4 Å². The van der Waals surface area contributed by atoms with Crippen molar-refractivity contribution in [3.8, 4) is 0 Å². The van der Waals surface area contributed by atoms with Crippen LogP contribution in [0.25, 0.3) is 0 Å². The van der Waals surface area contributed by atoms with Gasteiger partial charge in [0.15, 0.2) is 0 Å². The van der Waals surface area contributed by atoms with Crippen molar-refractivity contribution in [2.24, 2.45) is 17.6 Å². The van der Waals surface area contributed by atoms with Crippen LogP contribution in [0.1, 0.15) is 32.1 Å². The first-order valence-corrected chi connectivity index (χ1v) is 6.35. The molecule has 1 aliphatic heterocycles. The lowest BCUT2D eigenvalue weighted by Gasteiger charge is -2.12. The first kappa shape index (κ1) is 14.7. The molecule has 0 spiro atoms. The summed E-state index contributed by atoms with van der Waals surface area (Å²) in [6.07, 6.45) is 5.14. The van der Waals surface area contributed by atoms with E-state index in [1.807, 2.05) is 0 Å². The van der Waals surface area contributed by atoms with Crippen LogP contribution in [0.15, 0.2) is 0 Å². The van der Waals surface area contributed by atoms with Crippen molar-refractivity contribution in [1.82, 2.24) is 5.32 Å². The molecule has 2 fully saturated rings. The molecule has 0 radical (unpaired) electrons. The maximum absolute atomic E-state index is 11.5. The molecule has 100 valence electrons. The van der Waals surface area contributed by atoms with Gasteiger partial charge in [-0.1, -0.05) is 0 Å². The molecule has 0 aromatic heterocycles. The molecular weight excluding hydrogens is 240 g/mol. The molecule has 1 aliphatic carbocycles. The highest BCUT2D eigenvalue weighted by Gasteiger charge is 2.28. The Hall–Kier alpha value is -0.320. The second-order valence-corrected chi connectivity index (χ2v) is 5.07. The van der Waals surface area contributed by atoms with Crippen LogP contribution in [0.2, 0.25) is 0 Å². The Bertz CT molecular complexity index is 233. The molecule has 0 aromatic rings. The molecule has 1 saturated carbocycles. The highest BCUT2D eigenvalue weighted by Crippen LogP contribution is 2.31. The van der Waals surface area contributed by atoms with E-state index in [0.29, 0.717) is 24.8 Å². The minimum absolute atomic E-state index is 0. The van der Waals surface area contributed by atoms with Gasteiger partial charge in [0.1, 0.15) is 0 Å². The molecule has 2 unspecified atom stereocenters. The number of ether oxygens (including phenoxy) is 1. The Balaban J connectivity index is 0.00000144. The Morgan fingerprint density at radius 1 is 1.41 bits per heavy atom. The molecule has 5 heteroatoms. The van der Waals surface area contributed by atoms with Crippen molar-refractivity contribution in [1.29, 1.82) is 0 Å². The first-order valence-electron chi connectivity index (χ1n) is 6.35. The first-order chi connectivity index (χ1) is 7.75. The summed E-state index contributed by atoms with van der Waals surface area (Å²) in [5, 5.41) is 2.92. The second-order valence-electron chi connectivity index (χ2n) is 5.07. The van der Waals surface area contributed by atoms with E-state index in [0.717, 1.165) is 26.1 Å². The summed E-state index contributed by atoms with van der Waals surface area (Å²) >= 11 is 0. The number of halogens is 1. The smallest absolute Gasteiger partial charge is 0.220 e. The fourth-order valence-corrected chi connectivity index (χ4v) is 2.16. The highest BCUT2D eigenvalue weighted by molar-refractivity contribution is 5.85. The van der Waals surface area contributed by atoms with E-state index >= 15 is 0 Å². The molecule has 0 aromatic carbocycles. The number of carbonyl (C=O) groups excluding carboxylic acids is 1. The van der Waals surface area contributed by atoms with Crippen LogP contribution in [0, 0.1) is 11.8 Å². The van der Waals surface area contributed by atoms with Crippen molar-refractivity contribution in [2.45, 2.75) is 38.1 Å². The number of hydrogen-bond donors (Lipinski definition) is 2. The molecule has 17 heavy (non-hydrogen) atoms. The Morgan fingerprint density at radius 2 is 2.18 bits per heavy atom. The number of nitrogens with two attached hydrogens (primary N) is 1. The van der Waals surface area contributed by atoms with E-state index < -0.39 is 0 Å². The lowest BCUT2D eigenvalue weighted by molar-refractivity contribution is -0.121. The molecule has 2 aliphatic rings. The van der Waals surface area contributed by atoms with Crippen LogP contribution in [-0.2, 0) is 9.53 Å². The molecular formula is C12H23ClN2O2. The third-order valence-electron chi connectivity index (χ3n) is 3.57. The van der Waals surface area contributed by atoms with Gasteiger partial charge in [-0.2, -0.15) is 0 Å². The zero-order valence-electron chi connectivity index (χ0n) is 10.2. The van der Waals surface area contributed by atoms with Gasteiger partial charge in [0, 0.05) is 32.2 Å². The van der Waals surface area contributed by atoms with Gasteiger partial charge in [0.05, 0.1) is 0 Å². The Kier molecular flexibility index (Phi) is 6.23. The summed E-state index contributed by atoms with van der Waals surface area (Å²) in [4.78, 5) is 11.5. The lowest BCUT2D eigenvalue weighted by atomic mass is 10.0. The Morgan fingerprint density at radius 3 is 2.76 bits per heavy atom. The monoisotopic (exact) mass is 262 g/mol. The van der Waals surface area contributed by atoms with Crippen molar-refractivity contribution >= 4 is 18.3 Å². The standard InChI is InChI=1S/C12H22N2O2.ClH/c13-11(10-2-3-10)7-14-12(15)4-1-9-5-6-16-8-9;/h9-11H,1-8,13H2,(H,14,15);1H. The largest absolute Gasteiger partial charge is 0.381 e. The molecule has 0 bridgehead atoms. The number of rotatable bonds is 6. The Labute approximate surface area is 109 Å². The lowest BCUT2D eigenvalue weighted by Crippen LogP contribution is -2.38. The fraction of sp³-hybridized carbons (Fsp3) is 0.917. The van der Waals surface area contributed by atoms with Crippen LogP contribution in [0.4, 0.5) is 0 Å². The van der Waals surface area contributed by atoms with E-state index in [9.17, 15) is 4.79 Å². The average molecular weight is 263 g/mol. The summed E-state index contributed by atoms with van der Waals surface area (Å²) < 4.78 is 5.28. The molecule has 1 saturated heterocycles. The normalized spacial score (nSPS) is 25.1.